The first kappa shape index (κ1) is 17.7. The van der Waals surface area contributed by atoms with Crippen LogP contribution in [0.4, 0.5) is 4.79 Å². The average Bonchev–Trinajstić information content (AvgIpc) is 3.23. The lowest BCUT2D eigenvalue weighted by atomic mass is 9.70. The highest BCUT2D eigenvalue weighted by Gasteiger charge is 2.44. The Morgan fingerprint density at radius 1 is 1.39 bits per heavy atom. The van der Waals surface area contributed by atoms with Gasteiger partial charge in [-0.15, -0.1) is 12.3 Å². The summed E-state index contributed by atoms with van der Waals surface area (Å²) in [6.07, 6.45) is 12.8. The van der Waals surface area contributed by atoms with Gasteiger partial charge >= 0.3 is 12.1 Å². The number of carboxylic acid groups (broad SMARTS) is 1. The maximum atomic E-state index is 12.0. The number of unbranched alkanes of at least 4 members (excludes halogenated alkanes) is 1. The summed E-state index contributed by atoms with van der Waals surface area (Å²) in [4.78, 5) is 23.6. The molecule has 2 rings (SSSR count). The topological polar surface area (TPSA) is 75.6 Å². The van der Waals surface area contributed by atoms with Crippen LogP contribution in [0.5, 0.6) is 0 Å². The summed E-state index contributed by atoms with van der Waals surface area (Å²) in [7, 11) is 0. The molecule has 5 nitrogen and oxygen atoms in total. The summed E-state index contributed by atoms with van der Waals surface area (Å²) in [5, 5.41) is 12.1. The van der Waals surface area contributed by atoms with Gasteiger partial charge in [-0.1, -0.05) is 26.2 Å². The molecule has 2 fully saturated rings. The van der Waals surface area contributed by atoms with Crippen molar-refractivity contribution in [2.45, 2.75) is 76.9 Å². The summed E-state index contributed by atoms with van der Waals surface area (Å²) >= 11 is 0. The van der Waals surface area contributed by atoms with Crippen LogP contribution in [-0.2, 0) is 9.53 Å². The summed E-state index contributed by atoms with van der Waals surface area (Å²) in [6, 6.07) is -0.881. The van der Waals surface area contributed by atoms with E-state index in [1.807, 2.05) is 6.92 Å². The lowest BCUT2D eigenvalue weighted by Crippen LogP contribution is -2.52. The molecule has 0 radical (unpaired) electrons. The van der Waals surface area contributed by atoms with Crippen LogP contribution in [0.2, 0.25) is 0 Å². The molecule has 0 aromatic rings. The highest BCUT2D eigenvalue weighted by Crippen LogP contribution is 2.40. The van der Waals surface area contributed by atoms with Gasteiger partial charge in [0.25, 0.3) is 0 Å². The number of alkyl carbamates (subject to hydrolysis) is 1. The van der Waals surface area contributed by atoms with Crippen LogP contribution in [-0.4, -0.2) is 29.3 Å². The Labute approximate surface area is 138 Å². The van der Waals surface area contributed by atoms with E-state index in [0.717, 1.165) is 57.8 Å². The largest absolute Gasteiger partial charge is 0.480 e. The first-order valence-electron chi connectivity index (χ1n) is 8.60. The molecule has 2 saturated carbocycles. The molecule has 3 unspecified atom stereocenters. The van der Waals surface area contributed by atoms with Crippen LogP contribution in [0.3, 0.4) is 0 Å². The second kappa shape index (κ2) is 7.72. The van der Waals surface area contributed by atoms with Crippen LogP contribution in [0.15, 0.2) is 0 Å². The molecular formula is C18H27NO4. The van der Waals surface area contributed by atoms with Crippen molar-refractivity contribution in [2.24, 2.45) is 11.3 Å². The number of aliphatic carboxylic acids is 1. The predicted molar refractivity (Wildman–Crippen MR) is 86.8 cm³/mol. The molecule has 3 atom stereocenters. The third-order valence-electron chi connectivity index (χ3n) is 5.21. The van der Waals surface area contributed by atoms with Crippen molar-refractivity contribution >= 4 is 12.1 Å². The molecule has 0 aliphatic heterocycles. The van der Waals surface area contributed by atoms with E-state index in [2.05, 4.69) is 11.2 Å². The van der Waals surface area contributed by atoms with Gasteiger partial charge in [0.1, 0.15) is 12.1 Å². The van der Waals surface area contributed by atoms with Gasteiger partial charge in [-0.3, -0.25) is 0 Å². The Balaban J connectivity index is 1.80. The van der Waals surface area contributed by atoms with Gasteiger partial charge < -0.3 is 15.2 Å². The number of rotatable bonds is 7. The number of hydrogen-bond donors (Lipinski definition) is 2. The SMILES string of the molecule is C#CCCCC1CC1OC(=O)NC(C(=O)O)C1(C)CCCCC1. The number of carboxylic acids is 1. The van der Waals surface area contributed by atoms with Crippen molar-refractivity contribution < 1.29 is 19.4 Å². The summed E-state index contributed by atoms with van der Waals surface area (Å²) in [5.41, 5.74) is -0.390. The highest BCUT2D eigenvalue weighted by molar-refractivity contribution is 5.81. The Morgan fingerprint density at radius 2 is 2.09 bits per heavy atom. The molecule has 0 spiro atoms. The van der Waals surface area contributed by atoms with Crippen molar-refractivity contribution in [3.05, 3.63) is 0 Å². The van der Waals surface area contributed by atoms with Crippen molar-refractivity contribution in [3.8, 4) is 12.3 Å². The molecule has 0 bridgehead atoms. The molecule has 1 amide bonds. The Kier molecular flexibility index (Phi) is 5.92. The Morgan fingerprint density at radius 3 is 2.70 bits per heavy atom. The molecule has 0 aromatic carbocycles. The normalized spacial score (nSPS) is 26.6. The third-order valence-corrected chi connectivity index (χ3v) is 5.21. The molecule has 2 aliphatic rings. The quantitative estimate of drug-likeness (QED) is 0.557. The van der Waals surface area contributed by atoms with E-state index in [-0.39, 0.29) is 6.10 Å². The number of terminal acetylenes is 1. The fraction of sp³-hybridized carbons (Fsp3) is 0.778. The summed E-state index contributed by atoms with van der Waals surface area (Å²) in [5.74, 6) is 2.00. The zero-order valence-electron chi connectivity index (χ0n) is 13.8. The Hall–Kier alpha value is -1.70. The van der Waals surface area contributed by atoms with E-state index in [4.69, 9.17) is 11.2 Å². The molecule has 2 N–H and O–H groups in total. The molecule has 128 valence electrons. The second-order valence-electron chi connectivity index (χ2n) is 7.17. The first-order chi connectivity index (χ1) is 11.0. The smallest absolute Gasteiger partial charge is 0.408 e. The minimum absolute atomic E-state index is 0.0821. The lowest BCUT2D eigenvalue weighted by molar-refractivity contribution is -0.143. The molecule has 0 saturated heterocycles. The Bertz CT molecular complexity index is 476. The summed E-state index contributed by atoms with van der Waals surface area (Å²) < 4.78 is 5.36. The van der Waals surface area contributed by atoms with Crippen molar-refractivity contribution in [3.63, 3.8) is 0 Å². The zero-order chi connectivity index (χ0) is 16.9. The fourth-order valence-corrected chi connectivity index (χ4v) is 3.61. The predicted octanol–water partition coefficient (Wildman–Crippen LogP) is 3.33. The number of carbonyl (C=O) groups is 2. The molecule has 0 aromatic heterocycles. The minimum atomic E-state index is -0.979. The van der Waals surface area contributed by atoms with Crippen LogP contribution in [0, 0.1) is 23.7 Å². The summed E-state index contributed by atoms with van der Waals surface area (Å²) in [6.45, 7) is 1.95. The third kappa shape index (κ3) is 4.89. The molecule has 0 heterocycles. The molecule has 2 aliphatic carbocycles. The second-order valence-corrected chi connectivity index (χ2v) is 7.17. The van der Waals surface area contributed by atoms with Gasteiger partial charge in [0, 0.05) is 6.42 Å². The number of amides is 1. The fourth-order valence-electron chi connectivity index (χ4n) is 3.61. The molecular weight excluding hydrogens is 294 g/mol. The van der Waals surface area contributed by atoms with Crippen LogP contribution >= 0.6 is 0 Å². The van der Waals surface area contributed by atoms with Gasteiger partial charge in [-0.25, -0.2) is 9.59 Å². The maximum Gasteiger partial charge on any atom is 0.408 e. The number of carbonyl (C=O) groups excluding carboxylic acids is 1. The molecule has 5 heteroatoms. The number of hydrogen-bond acceptors (Lipinski definition) is 3. The first-order valence-corrected chi connectivity index (χ1v) is 8.60. The van der Waals surface area contributed by atoms with Crippen LogP contribution < -0.4 is 5.32 Å². The van der Waals surface area contributed by atoms with Crippen LogP contribution in [0.25, 0.3) is 0 Å². The van der Waals surface area contributed by atoms with Gasteiger partial charge in [0.2, 0.25) is 0 Å². The van der Waals surface area contributed by atoms with E-state index >= 15 is 0 Å². The van der Waals surface area contributed by atoms with Crippen molar-refractivity contribution in [1.82, 2.24) is 5.32 Å². The van der Waals surface area contributed by atoms with E-state index < -0.39 is 23.5 Å². The van der Waals surface area contributed by atoms with E-state index in [1.54, 1.807) is 0 Å². The monoisotopic (exact) mass is 321 g/mol. The maximum absolute atomic E-state index is 12.0. The van der Waals surface area contributed by atoms with Crippen molar-refractivity contribution in [1.29, 1.82) is 0 Å². The van der Waals surface area contributed by atoms with Crippen LogP contribution in [0.1, 0.15) is 64.7 Å². The van der Waals surface area contributed by atoms with Gasteiger partial charge in [0.15, 0.2) is 0 Å². The van der Waals surface area contributed by atoms with Gasteiger partial charge in [-0.2, -0.15) is 0 Å². The zero-order valence-corrected chi connectivity index (χ0v) is 13.8. The van der Waals surface area contributed by atoms with E-state index in [1.165, 1.54) is 0 Å². The highest BCUT2D eigenvalue weighted by atomic mass is 16.6. The molecule has 23 heavy (non-hydrogen) atoms. The standard InChI is InChI=1S/C18H27NO4/c1-3-4-6-9-13-12-14(13)23-17(22)19-15(16(20)21)18(2)10-7-5-8-11-18/h1,13-15H,4-12H2,2H3,(H,19,22)(H,20,21). The van der Waals surface area contributed by atoms with E-state index in [0.29, 0.717) is 5.92 Å². The van der Waals surface area contributed by atoms with Gasteiger partial charge in [-0.05, 0) is 43.4 Å². The van der Waals surface area contributed by atoms with Gasteiger partial charge in [0.05, 0.1) is 0 Å². The average molecular weight is 321 g/mol. The number of ether oxygens (including phenoxy) is 1. The minimum Gasteiger partial charge on any atom is -0.480 e. The number of nitrogens with one attached hydrogen (secondary N) is 1. The van der Waals surface area contributed by atoms with E-state index in [9.17, 15) is 14.7 Å². The lowest BCUT2D eigenvalue weighted by Gasteiger charge is -2.38. The van der Waals surface area contributed by atoms with Crippen molar-refractivity contribution in [2.75, 3.05) is 0 Å².